The molecule has 1 fully saturated rings. The SMILES string of the molecule is O=C(O)c1cccc(S(=O)(=O)C2CCC2)c1. The lowest BCUT2D eigenvalue weighted by atomic mass is 10.00. The van der Waals surface area contributed by atoms with Crippen LogP contribution in [-0.2, 0) is 9.84 Å². The van der Waals surface area contributed by atoms with Crippen molar-refractivity contribution in [3.8, 4) is 0 Å². The van der Waals surface area contributed by atoms with Crippen molar-refractivity contribution in [2.75, 3.05) is 0 Å². The molecule has 0 unspecified atom stereocenters. The summed E-state index contributed by atoms with van der Waals surface area (Å²) in [6, 6.07) is 5.55. The highest BCUT2D eigenvalue weighted by molar-refractivity contribution is 7.92. The zero-order valence-electron chi connectivity index (χ0n) is 8.59. The Morgan fingerprint density at radius 1 is 1.31 bits per heavy atom. The van der Waals surface area contributed by atoms with E-state index in [0.29, 0.717) is 12.8 Å². The van der Waals surface area contributed by atoms with E-state index in [2.05, 4.69) is 0 Å². The zero-order valence-corrected chi connectivity index (χ0v) is 9.40. The van der Waals surface area contributed by atoms with E-state index in [0.717, 1.165) is 6.42 Å². The predicted molar refractivity (Wildman–Crippen MR) is 58.2 cm³/mol. The maximum absolute atomic E-state index is 12.0. The fraction of sp³-hybridized carbons (Fsp3) is 0.364. The summed E-state index contributed by atoms with van der Waals surface area (Å²) in [5, 5.41) is 8.47. The maximum Gasteiger partial charge on any atom is 0.335 e. The largest absolute Gasteiger partial charge is 0.478 e. The molecule has 1 aromatic carbocycles. The van der Waals surface area contributed by atoms with Crippen LogP contribution in [-0.4, -0.2) is 24.7 Å². The number of carboxylic acids is 1. The summed E-state index contributed by atoms with van der Waals surface area (Å²) >= 11 is 0. The molecule has 0 saturated heterocycles. The van der Waals surface area contributed by atoms with Crippen LogP contribution in [0.3, 0.4) is 0 Å². The van der Waals surface area contributed by atoms with Gasteiger partial charge >= 0.3 is 5.97 Å². The number of benzene rings is 1. The predicted octanol–water partition coefficient (Wildman–Crippen LogP) is 1.71. The highest BCUT2D eigenvalue weighted by Gasteiger charge is 2.32. The molecule has 1 aromatic rings. The average molecular weight is 240 g/mol. The summed E-state index contributed by atoms with van der Waals surface area (Å²) in [5.74, 6) is -1.11. The molecule has 1 saturated carbocycles. The fourth-order valence-electron chi connectivity index (χ4n) is 1.68. The van der Waals surface area contributed by atoms with Crippen LogP contribution in [0.25, 0.3) is 0 Å². The van der Waals surface area contributed by atoms with Crippen molar-refractivity contribution in [2.24, 2.45) is 0 Å². The van der Waals surface area contributed by atoms with Crippen molar-refractivity contribution in [1.82, 2.24) is 0 Å². The average Bonchev–Trinajstić information content (AvgIpc) is 2.14. The summed E-state index contributed by atoms with van der Waals surface area (Å²) in [4.78, 5) is 10.9. The summed E-state index contributed by atoms with van der Waals surface area (Å²) in [6.07, 6.45) is 2.29. The highest BCUT2D eigenvalue weighted by Crippen LogP contribution is 2.31. The third-order valence-corrected chi connectivity index (χ3v) is 5.16. The van der Waals surface area contributed by atoms with Crippen LogP contribution in [0.4, 0.5) is 0 Å². The smallest absolute Gasteiger partial charge is 0.335 e. The minimum atomic E-state index is -3.32. The number of sulfone groups is 1. The topological polar surface area (TPSA) is 71.4 Å². The van der Waals surface area contributed by atoms with Gasteiger partial charge in [-0.3, -0.25) is 0 Å². The van der Waals surface area contributed by atoms with Crippen molar-refractivity contribution in [3.63, 3.8) is 0 Å². The Balaban J connectivity index is 2.40. The number of aromatic carboxylic acids is 1. The molecule has 5 heteroatoms. The van der Waals surface area contributed by atoms with Gasteiger partial charge in [-0.15, -0.1) is 0 Å². The molecule has 0 spiro atoms. The van der Waals surface area contributed by atoms with Gasteiger partial charge in [0.2, 0.25) is 0 Å². The van der Waals surface area contributed by atoms with E-state index in [1.54, 1.807) is 0 Å². The Kier molecular flexibility index (Phi) is 2.71. The van der Waals surface area contributed by atoms with Gasteiger partial charge in [0.05, 0.1) is 15.7 Å². The van der Waals surface area contributed by atoms with Crippen molar-refractivity contribution < 1.29 is 18.3 Å². The molecule has 4 nitrogen and oxygen atoms in total. The molecule has 0 amide bonds. The van der Waals surface area contributed by atoms with Crippen molar-refractivity contribution >= 4 is 15.8 Å². The molecule has 0 radical (unpaired) electrons. The van der Waals surface area contributed by atoms with Gasteiger partial charge in [0.15, 0.2) is 9.84 Å². The van der Waals surface area contributed by atoms with E-state index < -0.39 is 15.8 Å². The lowest BCUT2D eigenvalue weighted by Gasteiger charge is -2.25. The first-order valence-electron chi connectivity index (χ1n) is 5.09. The van der Waals surface area contributed by atoms with Gasteiger partial charge in [0.1, 0.15) is 0 Å². The normalized spacial score (nSPS) is 16.8. The van der Waals surface area contributed by atoms with E-state index in [9.17, 15) is 13.2 Å². The van der Waals surface area contributed by atoms with Crippen LogP contribution in [0.5, 0.6) is 0 Å². The Morgan fingerprint density at radius 3 is 2.50 bits per heavy atom. The number of rotatable bonds is 3. The molecule has 0 aliphatic heterocycles. The highest BCUT2D eigenvalue weighted by atomic mass is 32.2. The van der Waals surface area contributed by atoms with Crippen molar-refractivity contribution in [2.45, 2.75) is 29.4 Å². The zero-order chi connectivity index (χ0) is 11.8. The van der Waals surface area contributed by atoms with Crippen LogP contribution < -0.4 is 0 Å². The van der Waals surface area contributed by atoms with Gasteiger partial charge in [-0.25, -0.2) is 13.2 Å². The van der Waals surface area contributed by atoms with Gasteiger partial charge in [-0.05, 0) is 31.0 Å². The molecule has 0 bridgehead atoms. The van der Waals surface area contributed by atoms with Crippen molar-refractivity contribution in [3.05, 3.63) is 29.8 Å². The molecule has 0 heterocycles. The lowest BCUT2D eigenvalue weighted by Crippen LogP contribution is -2.28. The molecular weight excluding hydrogens is 228 g/mol. The molecule has 16 heavy (non-hydrogen) atoms. The minimum absolute atomic E-state index is 0.0143. The standard InChI is InChI=1S/C11H12O4S/c12-11(13)8-3-1-6-10(7-8)16(14,15)9-4-2-5-9/h1,3,6-7,9H,2,4-5H2,(H,12,13). The first kappa shape index (κ1) is 11.1. The third-order valence-electron chi connectivity index (χ3n) is 2.90. The summed E-state index contributed by atoms with van der Waals surface area (Å²) in [7, 11) is -3.32. The second-order valence-electron chi connectivity index (χ2n) is 3.93. The first-order valence-corrected chi connectivity index (χ1v) is 6.64. The van der Waals surface area contributed by atoms with E-state index in [1.165, 1.54) is 24.3 Å². The summed E-state index contributed by atoms with van der Waals surface area (Å²) < 4.78 is 24.0. The van der Waals surface area contributed by atoms with Gasteiger partial charge < -0.3 is 5.11 Å². The molecule has 0 aromatic heterocycles. The van der Waals surface area contributed by atoms with Gasteiger partial charge in [-0.1, -0.05) is 12.5 Å². The van der Waals surface area contributed by atoms with E-state index in [-0.39, 0.29) is 15.7 Å². The van der Waals surface area contributed by atoms with Crippen LogP contribution >= 0.6 is 0 Å². The quantitative estimate of drug-likeness (QED) is 0.873. The van der Waals surface area contributed by atoms with Gasteiger partial charge in [-0.2, -0.15) is 0 Å². The molecule has 1 aliphatic rings. The monoisotopic (exact) mass is 240 g/mol. The first-order chi connectivity index (χ1) is 7.51. The maximum atomic E-state index is 12.0. The number of carboxylic acid groups (broad SMARTS) is 1. The van der Waals surface area contributed by atoms with Gasteiger partial charge in [0, 0.05) is 0 Å². The van der Waals surface area contributed by atoms with Crippen LogP contribution in [0.15, 0.2) is 29.2 Å². The van der Waals surface area contributed by atoms with Crippen LogP contribution in [0, 0.1) is 0 Å². The Hall–Kier alpha value is -1.36. The molecule has 2 rings (SSSR count). The van der Waals surface area contributed by atoms with E-state index >= 15 is 0 Å². The van der Waals surface area contributed by atoms with Crippen LogP contribution in [0.1, 0.15) is 29.6 Å². The molecular formula is C11H12O4S. The number of hydrogen-bond donors (Lipinski definition) is 1. The summed E-state index contributed by atoms with van der Waals surface area (Å²) in [6.45, 7) is 0. The molecule has 0 atom stereocenters. The van der Waals surface area contributed by atoms with Gasteiger partial charge in [0.25, 0.3) is 0 Å². The summed E-state index contributed by atoms with van der Waals surface area (Å²) in [5.41, 5.74) is 0.0143. The third kappa shape index (κ3) is 1.82. The fourth-order valence-corrected chi connectivity index (χ4v) is 3.58. The molecule has 1 N–H and O–H groups in total. The van der Waals surface area contributed by atoms with Crippen molar-refractivity contribution in [1.29, 1.82) is 0 Å². The number of carbonyl (C=O) groups is 1. The second kappa shape index (κ2) is 3.90. The van der Waals surface area contributed by atoms with E-state index in [4.69, 9.17) is 5.11 Å². The lowest BCUT2D eigenvalue weighted by molar-refractivity contribution is 0.0696. The van der Waals surface area contributed by atoms with Crippen LogP contribution in [0.2, 0.25) is 0 Å². The Morgan fingerprint density at radius 2 is 2.00 bits per heavy atom. The Bertz CT molecular complexity index is 515. The molecule has 86 valence electrons. The second-order valence-corrected chi connectivity index (χ2v) is 6.16. The molecule has 1 aliphatic carbocycles. The van der Waals surface area contributed by atoms with E-state index in [1.807, 2.05) is 0 Å². The number of hydrogen-bond acceptors (Lipinski definition) is 3. The minimum Gasteiger partial charge on any atom is -0.478 e. The Labute approximate surface area is 93.8 Å².